The van der Waals surface area contributed by atoms with Gasteiger partial charge in [0.2, 0.25) is 5.91 Å². The molecule has 5 heteroatoms. The van der Waals surface area contributed by atoms with Crippen molar-refractivity contribution in [2.24, 2.45) is 0 Å². The summed E-state index contributed by atoms with van der Waals surface area (Å²) in [7, 11) is 0. The Hall–Kier alpha value is -0.580. The largest absolute Gasteiger partial charge is 0.324 e. The molecule has 2 N–H and O–H groups in total. The van der Waals surface area contributed by atoms with Crippen LogP contribution in [0.15, 0.2) is 22.7 Å². The molecule has 1 aliphatic rings. The fourth-order valence-corrected chi connectivity index (χ4v) is 2.67. The monoisotopic (exact) mass is 316 g/mol. The fraction of sp³-hybridized carbons (Fsp3) is 0.417. The highest BCUT2D eigenvalue weighted by atomic mass is 79.9. The molecule has 2 rings (SSSR count). The van der Waals surface area contributed by atoms with Crippen molar-refractivity contribution < 1.29 is 4.79 Å². The molecule has 0 bridgehead atoms. The Morgan fingerprint density at radius 1 is 1.47 bits per heavy atom. The molecular weight excluding hydrogens is 304 g/mol. The van der Waals surface area contributed by atoms with Crippen LogP contribution in [0.5, 0.6) is 0 Å². The van der Waals surface area contributed by atoms with Gasteiger partial charge in [0.05, 0.1) is 11.7 Å². The van der Waals surface area contributed by atoms with E-state index in [1.165, 1.54) is 0 Å². The zero-order valence-electron chi connectivity index (χ0n) is 9.30. The van der Waals surface area contributed by atoms with Gasteiger partial charge in [-0.2, -0.15) is 0 Å². The minimum absolute atomic E-state index is 0.0210. The summed E-state index contributed by atoms with van der Waals surface area (Å²) in [5.74, 6) is 0.0210. The average molecular weight is 318 g/mol. The summed E-state index contributed by atoms with van der Waals surface area (Å²) in [6.45, 7) is 0.917. The molecular formula is C12H14BrClN2O. The number of carbonyl (C=O) groups is 1. The lowest BCUT2D eigenvalue weighted by atomic mass is 10.0. The Bertz CT molecular complexity index is 419. The van der Waals surface area contributed by atoms with Crippen LogP contribution in [-0.4, -0.2) is 18.5 Å². The molecule has 1 saturated heterocycles. The summed E-state index contributed by atoms with van der Waals surface area (Å²) in [4.78, 5) is 12.0. The van der Waals surface area contributed by atoms with Crippen molar-refractivity contribution in [3.63, 3.8) is 0 Å². The predicted octanol–water partition coefficient (Wildman–Crippen LogP) is 3.18. The van der Waals surface area contributed by atoms with Crippen LogP contribution in [0.2, 0.25) is 5.02 Å². The number of amides is 1. The van der Waals surface area contributed by atoms with Crippen LogP contribution in [0, 0.1) is 0 Å². The molecule has 92 valence electrons. The zero-order valence-corrected chi connectivity index (χ0v) is 11.6. The number of hydrogen-bond donors (Lipinski definition) is 2. The first kappa shape index (κ1) is 12.9. The second kappa shape index (κ2) is 5.85. The highest BCUT2D eigenvalue weighted by molar-refractivity contribution is 9.10. The molecule has 1 fully saturated rings. The van der Waals surface area contributed by atoms with E-state index >= 15 is 0 Å². The van der Waals surface area contributed by atoms with Crippen LogP contribution in [-0.2, 0) is 4.79 Å². The van der Waals surface area contributed by atoms with E-state index in [0.29, 0.717) is 5.02 Å². The van der Waals surface area contributed by atoms with E-state index in [1.807, 2.05) is 0 Å². The molecule has 1 aromatic carbocycles. The highest BCUT2D eigenvalue weighted by Crippen LogP contribution is 2.26. The molecule has 1 atom stereocenters. The second-order valence-electron chi connectivity index (χ2n) is 4.12. The maximum absolute atomic E-state index is 12.0. The van der Waals surface area contributed by atoms with Gasteiger partial charge in [0.1, 0.15) is 0 Å². The van der Waals surface area contributed by atoms with Gasteiger partial charge < -0.3 is 10.6 Å². The Kier molecular flexibility index (Phi) is 4.42. The summed E-state index contributed by atoms with van der Waals surface area (Å²) in [6.07, 6.45) is 3.15. The van der Waals surface area contributed by atoms with Crippen LogP contribution in [0.1, 0.15) is 19.3 Å². The van der Waals surface area contributed by atoms with Gasteiger partial charge >= 0.3 is 0 Å². The third-order valence-corrected chi connectivity index (χ3v) is 3.71. The summed E-state index contributed by atoms with van der Waals surface area (Å²) in [5, 5.41) is 6.76. The molecule has 0 radical (unpaired) electrons. The Morgan fingerprint density at radius 2 is 2.29 bits per heavy atom. The van der Waals surface area contributed by atoms with Crippen molar-refractivity contribution in [3.8, 4) is 0 Å². The summed E-state index contributed by atoms with van der Waals surface area (Å²) >= 11 is 9.23. The number of benzene rings is 1. The molecule has 0 aliphatic carbocycles. The SMILES string of the molecule is O=C(Nc1ccc(Cl)cc1Br)C1CCCCN1. The number of anilines is 1. The maximum Gasteiger partial charge on any atom is 0.241 e. The van der Waals surface area contributed by atoms with Gasteiger partial charge in [-0.05, 0) is 53.5 Å². The van der Waals surface area contributed by atoms with Crippen LogP contribution in [0.4, 0.5) is 5.69 Å². The van der Waals surface area contributed by atoms with E-state index in [-0.39, 0.29) is 11.9 Å². The molecule has 17 heavy (non-hydrogen) atoms. The average Bonchev–Trinajstić information content (AvgIpc) is 2.34. The molecule has 1 unspecified atom stereocenters. The normalized spacial score (nSPS) is 20.0. The number of hydrogen-bond acceptors (Lipinski definition) is 2. The van der Waals surface area contributed by atoms with E-state index in [2.05, 4.69) is 26.6 Å². The third kappa shape index (κ3) is 3.44. The molecule has 1 heterocycles. The summed E-state index contributed by atoms with van der Waals surface area (Å²) in [5.41, 5.74) is 0.756. The lowest BCUT2D eigenvalue weighted by Crippen LogP contribution is -2.43. The number of rotatable bonds is 2. The van der Waals surface area contributed by atoms with Crippen molar-refractivity contribution in [1.82, 2.24) is 5.32 Å². The van der Waals surface area contributed by atoms with Gasteiger partial charge in [-0.15, -0.1) is 0 Å². The van der Waals surface area contributed by atoms with Crippen molar-refractivity contribution in [1.29, 1.82) is 0 Å². The predicted molar refractivity (Wildman–Crippen MR) is 73.4 cm³/mol. The maximum atomic E-state index is 12.0. The van der Waals surface area contributed by atoms with Crippen LogP contribution in [0.25, 0.3) is 0 Å². The van der Waals surface area contributed by atoms with Crippen molar-refractivity contribution >= 4 is 39.1 Å². The molecule has 1 aromatic rings. The second-order valence-corrected chi connectivity index (χ2v) is 5.41. The minimum atomic E-state index is -0.0775. The van der Waals surface area contributed by atoms with Crippen LogP contribution < -0.4 is 10.6 Å². The molecule has 0 aromatic heterocycles. The van der Waals surface area contributed by atoms with E-state index in [4.69, 9.17) is 11.6 Å². The molecule has 1 amide bonds. The van der Waals surface area contributed by atoms with Crippen LogP contribution >= 0.6 is 27.5 Å². The van der Waals surface area contributed by atoms with E-state index in [1.54, 1.807) is 18.2 Å². The molecule has 0 saturated carbocycles. The third-order valence-electron chi connectivity index (χ3n) is 2.82. The summed E-state index contributed by atoms with van der Waals surface area (Å²) < 4.78 is 0.800. The lowest BCUT2D eigenvalue weighted by molar-refractivity contribution is -0.118. The van der Waals surface area contributed by atoms with Crippen LogP contribution in [0.3, 0.4) is 0 Å². The van der Waals surface area contributed by atoms with Crippen molar-refractivity contribution in [2.75, 3.05) is 11.9 Å². The van der Waals surface area contributed by atoms with Gasteiger partial charge in [-0.3, -0.25) is 4.79 Å². The number of piperidine rings is 1. The number of nitrogens with one attached hydrogen (secondary N) is 2. The molecule has 0 spiro atoms. The first-order valence-corrected chi connectivity index (χ1v) is 6.83. The van der Waals surface area contributed by atoms with Gasteiger partial charge in [0.15, 0.2) is 0 Å². The fourth-order valence-electron chi connectivity index (χ4n) is 1.89. The first-order valence-electron chi connectivity index (χ1n) is 5.66. The van der Waals surface area contributed by atoms with Gasteiger partial charge in [0.25, 0.3) is 0 Å². The smallest absolute Gasteiger partial charge is 0.241 e. The van der Waals surface area contributed by atoms with Crippen molar-refractivity contribution in [2.45, 2.75) is 25.3 Å². The number of halogens is 2. The van der Waals surface area contributed by atoms with Gasteiger partial charge in [0, 0.05) is 9.50 Å². The highest BCUT2D eigenvalue weighted by Gasteiger charge is 2.20. The number of carbonyl (C=O) groups excluding carboxylic acids is 1. The van der Waals surface area contributed by atoms with E-state index < -0.39 is 0 Å². The summed E-state index contributed by atoms with van der Waals surface area (Å²) in [6, 6.07) is 5.25. The molecule has 3 nitrogen and oxygen atoms in total. The lowest BCUT2D eigenvalue weighted by Gasteiger charge is -2.22. The standard InChI is InChI=1S/C12H14BrClN2O/c13-9-7-8(14)4-5-10(9)16-12(17)11-3-1-2-6-15-11/h4-5,7,11,15H,1-3,6H2,(H,16,17). The molecule has 1 aliphatic heterocycles. The van der Waals surface area contributed by atoms with Crippen molar-refractivity contribution in [3.05, 3.63) is 27.7 Å². The van der Waals surface area contributed by atoms with Gasteiger partial charge in [-0.1, -0.05) is 18.0 Å². The Balaban J connectivity index is 2.02. The Labute approximate surface area is 114 Å². The van der Waals surface area contributed by atoms with Gasteiger partial charge in [-0.25, -0.2) is 0 Å². The first-order chi connectivity index (χ1) is 8.16. The van der Waals surface area contributed by atoms with E-state index in [9.17, 15) is 4.79 Å². The Morgan fingerprint density at radius 3 is 2.94 bits per heavy atom. The van der Waals surface area contributed by atoms with E-state index in [0.717, 1.165) is 36.0 Å². The topological polar surface area (TPSA) is 41.1 Å². The quantitative estimate of drug-likeness (QED) is 0.879. The zero-order chi connectivity index (χ0) is 12.3. The minimum Gasteiger partial charge on any atom is -0.324 e.